The zero-order valence-electron chi connectivity index (χ0n) is 15.0. The van der Waals surface area contributed by atoms with Crippen LogP contribution in [0.4, 0.5) is 8.78 Å². The second-order valence-corrected chi connectivity index (χ2v) is 6.44. The second kappa shape index (κ2) is 8.75. The molecule has 0 spiro atoms. The number of oxazole rings is 1. The van der Waals surface area contributed by atoms with Gasteiger partial charge in [-0.25, -0.2) is 9.78 Å². The van der Waals surface area contributed by atoms with Crippen LogP contribution in [0.15, 0.2) is 52.3 Å². The topological polar surface area (TPSA) is 118 Å². The van der Waals surface area contributed by atoms with Gasteiger partial charge in [0.1, 0.15) is 17.6 Å². The van der Waals surface area contributed by atoms with E-state index in [1.165, 1.54) is 24.4 Å². The Kier molecular flexibility index (Phi) is 6.13. The molecule has 2 heterocycles. The highest BCUT2D eigenvalue weighted by Crippen LogP contribution is 2.34. The Balaban J connectivity index is 2.19. The maximum Gasteiger partial charge on any atom is 0.387 e. The molecule has 30 heavy (non-hydrogen) atoms. The molecule has 0 aliphatic heterocycles. The SMILES string of the molecule is N#Cc1ccc(Cl)cc1-c1cc(=O)n(C(Cc2cnco2)C(=O)O)cc1OC(F)F. The molecule has 1 N–H and O–H groups in total. The van der Waals surface area contributed by atoms with Crippen LogP contribution in [0.2, 0.25) is 5.02 Å². The van der Waals surface area contributed by atoms with E-state index in [1.54, 1.807) is 0 Å². The number of aliphatic carboxylic acids is 1. The van der Waals surface area contributed by atoms with E-state index in [-0.39, 0.29) is 33.9 Å². The van der Waals surface area contributed by atoms with E-state index >= 15 is 0 Å². The van der Waals surface area contributed by atoms with Crippen molar-refractivity contribution in [2.24, 2.45) is 0 Å². The van der Waals surface area contributed by atoms with Gasteiger partial charge in [-0.05, 0) is 18.2 Å². The summed E-state index contributed by atoms with van der Waals surface area (Å²) >= 11 is 5.95. The van der Waals surface area contributed by atoms with Crippen molar-refractivity contribution in [1.82, 2.24) is 9.55 Å². The Morgan fingerprint density at radius 2 is 2.13 bits per heavy atom. The van der Waals surface area contributed by atoms with Crippen molar-refractivity contribution in [3.63, 3.8) is 0 Å². The van der Waals surface area contributed by atoms with Gasteiger partial charge in [0.25, 0.3) is 5.56 Å². The largest absolute Gasteiger partial charge is 0.480 e. The number of nitriles is 1. The molecule has 0 saturated carbocycles. The quantitative estimate of drug-likeness (QED) is 0.603. The fourth-order valence-electron chi connectivity index (χ4n) is 2.85. The third-order valence-corrected chi connectivity index (χ3v) is 4.39. The van der Waals surface area contributed by atoms with E-state index < -0.39 is 29.9 Å². The maximum absolute atomic E-state index is 13.0. The van der Waals surface area contributed by atoms with E-state index in [0.717, 1.165) is 23.2 Å². The number of hydrogen-bond acceptors (Lipinski definition) is 6. The summed E-state index contributed by atoms with van der Waals surface area (Å²) in [7, 11) is 0. The van der Waals surface area contributed by atoms with Gasteiger partial charge in [0.05, 0.1) is 24.0 Å². The molecular formula is C19H12ClF2N3O5. The molecule has 1 unspecified atom stereocenters. The first-order chi connectivity index (χ1) is 14.3. The summed E-state index contributed by atoms with van der Waals surface area (Å²) in [4.78, 5) is 28.1. The number of halogens is 3. The van der Waals surface area contributed by atoms with Gasteiger partial charge in [0.2, 0.25) is 0 Å². The van der Waals surface area contributed by atoms with E-state index in [9.17, 15) is 28.7 Å². The first-order valence-electron chi connectivity index (χ1n) is 8.31. The Bertz CT molecular complexity index is 1170. The minimum Gasteiger partial charge on any atom is -0.480 e. The van der Waals surface area contributed by atoms with Crippen LogP contribution in [0.3, 0.4) is 0 Å². The molecule has 11 heteroatoms. The lowest BCUT2D eigenvalue weighted by Crippen LogP contribution is -2.31. The van der Waals surface area contributed by atoms with Crippen LogP contribution in [0.25, 0.3) is 11.1 Å². The minimum atomic E-state index is -3.27. The third-order valence-electron chi connectivity index (χ3n) is 4.15. The van der Waals surface area contributed by atoms with Gasteiger partial charge < -0.3 is 14.3 Å². The van der Waals surface area contributed by atoms with Gasteiger partial charge >= 0.3 is 12.6 Å². The van der Waals surface area contributed by atoms with Crippen LogP contribution in [-0.4, -0.2) is 27.2 Å². The minimum absolute atomic E-state index is 0.0621. The van der Waals surface area contributed by atoms with Crippen molar-refractivity contribution in [3.05, 3.63) is 69.8 Å². The summed E-state index contributed by atoms with van der Waals surface area (Å²) in [5.41, 5.74) is -0.791. The molecule has 154 valence electrons. The molecule has 0 aliphatic carbocycles. The molecule has 0 fully saturated rings. The predicted molar refractivity (Wildman–Crippen MR) is 99.4 cm³/mol. The standard InChI is InChI=1S/C19H12ClF2N3O5/c20-11-2-1-10(6-23)13(3-11)14-5-17(26)25(8-16(14)30-19(21)22)15(18(27)28)4-12-7-24-9-29-12/h1-3,5,7-9,15,19H,4H2,(H,27,28). The molecule has 0 saturated heterocycles. The Morgan fingerprint density at radius 1 is 1.37 bits per heavy atom. The molecule has 1 aromatic carbocycles. The Labute approximate surface area is 172 Å². The summed E-state index contributed by atoms with van der Waals surface area (Å²) in [6, 6.07) is 5.43. The number of ether oxygens (including phenoxy) is 1. The molecular weight excluding hydrogens is 424 g/mol. The molecule has 0 radical (unpaired) electrons. The van der Waals surface area contributed by atoms with E-state index in [0.29, 0.717) is 0 Å². The number of alkyl halides is 2. The van der Waals surface area contributed by atoms with Crippen LogP contribution >= 0.6 is 11.6 Å². The average Bonchev–Trinajstić information content (AvgIpc) is 3.20. The zero-order valence-corrected chi connectivity index (χ0v) is 15.7. The predicted octanol–water partition coefficient (Wildman–Crippen LogP) is 3.50. The van der Waals surface area contributed by atoms with E-state index in [4.69, 9.17) is 16.0 Å². The molecule has 0 aliphatic rings. The zero-order chi connectivity index (χ0) is 21.8. The first-order valence-corrected chi connectivity index (χ1v) is 8.69. The molecule has 0 amide bonds. The van der Waals surface area contributed by atoms with Gasteiger partial charge in [-0.3, -0.25) is 9.36 Å². The highest BCUT2D eigenvalue weighted by atomic mass is 35.5. The number of pyridine rings is 1. The number of hydrogen-bond donors (Lipinski definition) is 1. The van der Waals surface area contributed by atoms with Gasteiger partial charge in [-0.15, -0.1) is 0 Å². The van der Waals surface area contributed by atoms with Crippen molar-refractivity contribution >= 4 is 17.6 Å². The van der Waals surface area contributed by atoms with Crippen LogP contribution < -0.4 is 10.3 Å². The van der Waals surface area contributed by atoms with Crippen molar-refractivity contribution < 1.29 is 27.8 Å². The number of nitrogens with zero attached hydrogens (tertiary/aromatic N) is 3. The van der Waals surface area contributed by atoms with Gasteiger partial charge in [-0.1, -0.05) is 11.6 Å². The Hall–Kier alpha value is -3.71. The molecule has 2 aromatic heterocycles. The summed E-state index contributed by atoms with van der Waals surface area (Å²) in [5.74, 6) is -1.71. The fourth-order valence-corrected chi connectivity index (χ4v) is 3.02. The third kappa shape index (κ3) is 4.47. The lowest BCUT2D eigenvalue weighted by atomic mass is 10.00. The maximum atomic E-state index is 13.0. The lowest BCUT2D eigenvalue weighted by Gasteiger charge is -2.18. The number of aromatic nitrogens is 2. The number of carboxylic acid groups (broad SMARTS) is 1. The Morgan fingerprint density at radius 3 is 2.73 bits per heavy atom. The summed E-state index contributed by atoms with van der Waals surface area (Å²) in [5, 5.41) is 19.1. The van der Waals surface area contributed by atoms with Crippen molar-refractivity contribution in [3.8, 4) is 22.9 Å². The fraction of sp³-hybridized carbons (Fsp3) is 0.158. The van der Waals surface area contributed by atoms with Gasteiger partial charge in [0.15, 0.2) is 6.39 Å². The smallest absolute Gasteiger partial charge is 0.387 e. The number of benzene rings is 1. The van der Waals surface area contributed by atoms with Crippen LogP contribution in [0.5, 0.6) is 5.75 Å². The average molecular weight is 436 g/mol. The van der Waals surface area contributed by atoms with Crippen LogP contribution in [-0.2, 0) is 11.2 Å². The lowest BCUT2D eigenvalue weighted by molar-refractivity contribution is -0.141. The second-order valence-electron chi connectivity index (χ2n) is 6.00. The van der Waals surface area contributed by atoms with E-state index in [2.05, 4.69) is 9.72 Å². The van der Waals surface area contributed by atoms with Crippen molar-refractivity contribution in [1.29, 1.82) is 5.26 Å². The summed E-state index contributed by atoms with van der Waals surface area (Å²) < 4.78 is 36.3. The molecule has 0 bridgehead atoms. The summed E-state index contributed by atoms with van der Waals surface area (Å²) in [6.45, 7) is -3.27. The molecule has 3 rings (SSSR count). The highest BCUT2D eigenvalue weighted by Gasteiger charge is 2.26. The number of rotatable bonds is 7. The number of carboxylic acids is 1. The van der Waals surface area contributed by atoms with Crippen molar-refractivity contribution in [2.45, 2.75) is 19.1 Å². The normalized spacial score (nSPS) is 11.8. The molecule has 3 aromatic rings. The van der Waals surface area contributed by atoms with E-state index in [1.807, 2.05) is 6.07 Å². The highest BCUT2D eigenvalue weighted by molar-refractivity contribution is 6.31. The molecule has 8 nitrogen and oxygen atoms in total. The summed E-state index contributed by atoms with van der Waals surface area (Å²) in [6.07, 6.45) is 2.97. The molecule has 1 atom stereocenters. The van der Waals surface area contributed by atoms with Crippen LogP contribution in [0.1, 0.15) is 17.4 Å². The van der Waals surface area contributed by atoms with Gasteiger partial charge in [0, 0.05) is 28.6 Å². The van der Waals surface area contributed by atoms with Crippen LogP contribution in [0, 0.1) is 11.3 Å². The van der Waals surface area contributed by atoms with Gasteiger partial charge in [-0.2, -0.15) is 14.0 Å². The van der Waals surface area contributed by atoms with Crippen molar-refractivity contribution in [2.75, 3.05) is 0 Å². The first kappa shape index (κ1) is 21.0. The monoisotopic (exact) mass is 435 g/mol. The number of carbonyl (C=O) groups is 1.